The molecule has 6 nitrogen and oxygen atoms in total. The van der Waals surface area contributed by atoms with Crippen LogP contribution in [0.3, 0.4) is 0 Å². The Morgan fingerprint density at radius 3 is 2.50 bits per heavy atom. The summed E-state index contributed by atoms with van der Waals surface area (Å²) in [5.74, 6) is -4.22. The minimum atomic E-state index is -3.02. The SMILES string of the molecule is CC(C)(C)OC(=O)N1CC(F)(F)CC1COCC(=O)O. The Hall–Kier alpha value is -1.44. The third-order valence-electron chi connectivity index (χ3n) is 2.54. The van der Waals surface area contributed by atoms with Gasteiger partial charge in [0.2, 0.25) is 0 Å². The topological polar surface area (TPSA) is 76.1 Å². The van der Waals surface area contributed by atoms with E-state index in [-0.39, 0.29) is 6.61 Å². The molecule has 1 aliphatic rings. The van der Waals surface area contributed by atoms with Gasteiger partial charge in [0.25, 0.3) is 5.92 Å². The highest BCUT2D eigenvalue weighted by Crippen LogP contribution is 2.33. The number of aliphatic carboxylic acids is 1. The molecule has 1 rings (SSSR count). The fraction of sp³-hybridized carbons (Fsp3) is 0.833. The van der Waals surface area contributed by atoms with E-state index in [4.69, 9.17) is 14.6 Å². The molecule has 0 bridgehead atoms. The normalized spacial score (nSPS) is 21.9. The average molecular weight is 295 g/mol. The van der Waals surface area contributed by atoms with Gasteiger partial charge in [0.05, 0.1) is 19.2 Å². The number of rotatable bonds is 4. The summed E-state index contributed by atoms with van der Waals surface area (Å²) in [5, 5.41) is 8.44. The van der Waals surface area contributed by atoms with E-state index in [1.54, 1.807) is 20.8 Å². The smallest absolute Gasteiger partial charge is 0.410 e. The molecule has 0 radical (unpaired) electrons. The van der Waals surface area contributed by atoms with E-state index in [0.29, 0.717) is 0 Å². The molecule has 1 aliphatic heterocycles. The first-order chi connectivity index (χ1) is 9.00. The maximum atomic E-state index is 13.4. The molecule has 8 heteroatoms. The van der Waals surface area contributed by atoms with Crippen molar-refractivity contribution in [3.05, 3.63) is 0 Å². The quantitative estimate of drug-likeness (QED) is 0.855. The van der Waals surface area contributed by atoms with Crippen LogP contribution < -0.4 is 0 Å². The van der Waals surface area contributed by atoms with Crippen LogP contribution in [0, 0.1) is 0 Å². The van der Waals surface area contributed by atoms with Crippen LogP contribution >= 0.6 is 0 Å². The largest absolute Gasteiger partial charge is 0.480 e. The van der Waals surface area contributed by atoms with Crippen LogP contribution in [0.15, 0.2) is 0 Å². The van der Waals surface area contributed by atoms with E-state index in [1.807, 2.05) is 0 Å². The number of carboxylic acid groups (broad SMARTS) is 1. The lowest BCUT2D eigenvalue weighted by molar-refractivity contribution is -0.142. The second kappa shape index (κ2) is 5.90. The lowest BCUT2D eigenvalue weighted by Gasteiger charge is -2.27. The van der Waals surface area contributed by atoms with E-state index >= 15 is 0 Å². The third kappa shape index (κ3) is 5.28. The Kier molecular flexibility index (Phi) is 4.90. The van der Waals surface area contributed by atoms with Crippen molar-refractivity contribution in [1.82, 2.24) is 4.90 Å². The summed E-state index contributed by atoms with van der Waals surface area (Å²) in [5.41, 5.74) is -0.790. The lowest BCUT2D eigenvalue weighted by Crippen LogP contribution is -2.42. The van der Waals surface area contributed by atoms with Crippen molar-refractivity contribution in [2.45, 2.75) is 44.8 Å². The average Bonchev–Trinajstić information content (AvgIpc) is 2.51. The predicted molar refractivity (Wildman–Crippen MR) is 64.7 cm³/mol. The van der Waals surface area contributed by atoms with Gasteiger partial charge >= 0.3 is 12.1 Å². The molecule has 0 aromatic rings. The predicted octanol–water partition coefficient (Wildman–Crippen LogP) is 1.73. The van der Waals surface area contributed by atoms with Crippen LogP contribution in [0.1, 0.15) is 27.2 Å². The molecular weight excluding hydrogens is 276 g/mol. The lowest BCUT2D eigenvalue weighted by atomic mass is 10.2. The number of amides is 1. The maximum Gasteiger partial charge on any atom is 0.410 e. The molecule has 1 heterocycles. The van der Waals surface area contributed by atoms with E-state index in [9.17, 15) is 18.4 Å². The first-order valence-electron chi connectivity index (χ1n) is 6.17. The van der Waals surface area contributed by atoms with Crippen molar-refractivity contribution >= 4 is 12.1 Å². The first-order valence-corrected chi connectivity index (χ1v) is 6.17. The minimum absolute atomic E-state index is 0.263. The molecule has 1 saturated heterocycles. The van der Waals surface area contributed by atoms with Gasteiger partial charge in [-0.1, -0.05) is 0 Å². The molecule has 0 aromatic carbocycles. The van der Waals surface area contributed by atoms with Crippen LogP contribution in [0.2, 0.25) is 0 Å². The van der Waals surface area contributed by atoms with Crippen LogP contribution in [-0.2, 0) is 14.3 Å². The number of hydrogen-bond donors (Lipinski definition) is 1. The Morgan fingerprint density at radius 2 is 2.00 bits per heavy atom. The minimum Gasteiger partial charge on any atom is -0.480 e. The van der Waals surface area contributed by atoms with Gasteiger partial charge in [-0.3, -0.25) is 4.90 Å². The monoisotopic (exact) mass is 295 g/mol. The van der Waals surface area contributed by atoms with Gasteiger partial charge in [-0.05, 0) is 20.8 Å². The molecule has 1 N–H and O–H groups in total. The Bertz CT molecular complexity index is 381. The number of carboxylic acids is 1. The van der Waals surface area contributed by atoms with Gasteiger partial charge in [-0.2, -0.15) is 0 Å². The summed E-state index contributed by atoms with van der Waals surface area (Å²) in [6, 6.07) is -0.890. The van der Waals surface area contributed by atoms with E-state index in [1.165, 1.54) is 0 Å². The fourth-order valence-corrected chi connectivity index (χ4v) is 1.86. The Morgan fingerprint density at radius 1 is 1.40 bits per heavy atom. The van der Waals surface area contributed by atoms with Gasteiger partial charge in [0, 0.05) is 6.42 Å². The highest BCUT2D eigenvalue weighted by Gasteiger charge is 2.48. The number of nitrogens with zero attached hydrogens (tertiary/aromatic N) is 1. The molecule has 1 atom stereocenters. The van der Waals surface area contributed by atoms with Gasteiger partial charge < -0.3 is 14.6 Å². The maximum absolute atomic E-state index is 13.4. The summed E-state index contributed by atoms with van der Waals surface area (Å²) in [6.07, 6.45) is -1.41. The number of likely N-dealkylation sites (tertiary alicyclic amines) is 1. The van der Waals surface area contributed by atoms with Crippen molar-refractivity contribution in [3.63, 3.8) is 0 Å². The molecule has 20 heavy (non-hydrogen) atoms. The molecule has 1 amide bonds. The molecular formula is C12H19F2NO5. The van der Waals surface area contributed by atoms with Gasteiger partial charge in [0.1, 0.15) is 12.2 Å². The standard InChI is InChI=1S/C12H19F2NO5/c1-11(2,3)20-10(18)15-7-12(13,14)4-8(15)5-19-6-9(16)17/h8H,4-7H2,1-3H3,(H,16,17). The van der Waals surface area contributed by atoms with Crippen molar-refractivity contribution in [2.75, 3.05) is 19.8 Å². The highest BCUT2D eigenvalue weighted by atomic mass is 19.3. The van der Waals surface area contributed by atoms with Gasteiger partial charge in [-0.15, -0.1) is 0 Å². The summed E-state index contributed by atoms with van der Waals surface area (Å²) in [6.45, 7) is 3.30. The Labute approximate surface area is 115 Å². The van der Waals surface area contributed by atoms with E-state index in [0.717, 1.165) is 4.90 Å². The van der Waals surface area contributed by atoms with Gasteiger partial charge in [0.15, 0.2) is 0 Å². The highest BCUT2D eigenvalue weighted by molar-refractivity contribution is 5.69. The zero-order chi connectivity index (χ0) is 15.6. The molecule has 1 fully saturated rings. The van der Waals surface area contributed by atoms with Crippen molar-refractivity contribution in [1.29, 1.82) is 0 Å². The zero-order valence-electron chi connectivity index (χ0n) is 11.7. The Balaban J connectivity index is 2.65. The first kappa shape index (κ1) is 16.6. The number of ether oxygens (including phenoxy) is 2. The van der Waals surface area contributed by atoms with Crippen LogP contribution in [0.4, 0.5) is 13.6 Å². The summed E-state index contributed by atoms with van der Waals surface area (Å²) >= 11 is 0. The summed E-state index contributed by atoms with van der Waals surface area (Å²) in [7, 11) is 0. The number of carbonyl (C=O) groups excluding carboxylic acids is 1. The third-order valence-corrected chi connectivity index (χ3v) is 2.54. The molecule has 0 aliphatic carbocycles. The molecule has 0 saturated carbocycles. The van der Waals surface area contributed by atoms with Crippen molar-refractivity contribution in [3.8, 4) is 0 Å². The van der Waals surface area contributed by atoms with Crippen molar-refractivity contribution < 1.29 is 33.0 Å². The summed E-state index contributed by atoms with van der Waals surface area (Å²) in [4.78, 5) is 23.1. The van der Waals surface area contributed by atoms with E-state index < -0.39 is 49.2 Å². The van der Waals surface area contributed by atoms with Crippen LogP contribution in [-0.4, -0.2) is 59.4 Å². The van der Waals surface area contributed by atoms with Crippen LogP contribution in [0.5, 0.6) is 0 Å². The number of halogens is 2. The molecule has 1 unspecified atom stereocenters. The second-order valence-corrected chi connectivity index (χ2v) is 5.73. The number of hydrogen-bond acceptors (Lipinski definition) is 4. The molecule has 0 aromatic heterocycles. The molecule has 0 spiro atoms. The van der Waals surface area contributed by atoms with Crippen molar-refractivity contribution in [2.24, 2.45) is 0 Å². The van der Waals surface area contributed by atoms with Crippen LogP contribution in [0.25, 0.3) is 0 Å². The zero-order valence-corrected chi connectivity index (χ0v) is 11.7. The van der Waals surface area contributed by atoms with Gasteiger partial charge in [-0.25, -0.2) is 18.4 Å². The fourth-order valence-electron chi connectivity index (χ4n) is 1.86. The number of alkyl halides is 2. The second-order valence-electron chi connectivity index (χ2n) is 5.73. The van der Waals surface area contributed by atoms with E-state index in [2.05, 4.69) is 0 Å². The summed E-state index contributed by atoms with van der Waals surface area (Å²) < 4.78 is 36.7. The number of carbonyl (C=O) groups is 2. The molecule has 116 valence electrons.